The average molecular weight is 269 g/mol. The van der Waals surface area contributed by atoms with E-state index in [9.17, 15) is 0 Å². The van der Waals surface area contributed by atoms with Gasteiger partial charge in [0.05, 0.1) is 12.0 Å². The van der Waals surface area contributed by atoms with Crippen LogP contribution in [0.4, 0.5) is 11.5 Å². The molecule has 0 saturated heterocycles. The minimum atomic E-state index is 0.808. The van der Waals surface area contributed by atoms with Crippen molar-refractivity contribution in [2.24, 2.45) is 0 Å². The molecule has 0 radical (unpaired) electrons. The third-order valence-electron chi connectivity index (χ3n) is 3.04. The van der Waals surface area contributed by atoms with Gasteiger partial charge >= 0.3 is 0 Å². The van der Waals surface area contributed by atoms with Crippen LogP contribution in [0.3, 0.4) is 0 Å². The fourth-order valence-corrected chi connectivity index (χ4v) is 3.03. The van der Waals surface area contributed by atoms with Gasteiger partial charge in [0.15, 0.2) is 0 Å². The first kappa shape index (κ1) is 10.7. The molecule has 6 heteroatoms. The van der Waals surface area contributed by atoms with Crippen LogP contribution in [0.5, 0.6) is 0 Å². The SMILES string of the molecule is c1c[nH]c(Cc2ccc3c(c2)Nc2[nH]cnc2S3)n1. The number of aromatic amines is 2. The van der Waals surface area contributed by atoms with Crippen LogP contribution >= 0.6 is 11.8 Å². The summed E-state index contributed by atoms with van der Waals surface area (Å²) in [7, 11) is 0. The Labute approximate surface area is 113 Å². The number of rotatable bonds is 2. The van der Waals surface area contributed by atoms with E-state index < -0.39 is 0 Å². The molecule has 0 amide bonds. The zero-order valence-corrected chi connectivity index (χ0v) is 10.8. The average Bonchev–Trinajstić information content (AvgIpc) is 3.06. The van der Waals surface area contributed by atoms with E-state index in [-0.39, 0.29) is 0 Å². The number of hydrogen-bond donors (Lipinski definition) is 3. The number of nitrogens with one attached hydrogen (secondary N) is 3. The first-order valence-electron chi connectivity index (χ1n) is 5.98. The van der Waals surface area contributed by atoms with Gasteiger partial charge in [0.2, 0.25) is 0 Å². The molecule has 0 bridgehead atoms. The van der Waals surface area contributed by atoms with Crippen molar-refractivity contribution in [3.05, 3.63) is 48.3 Å². The summed E-state index contributed by atoms with van der Waals surface area (Å²) >= 11 is 1.68. The summed E-state index contributed by atoms with van der Waals surface area (Å²) in [5.41, 5.74) is 2.34. The zero-order chi connectivity index (χ0) is 12.7. The molecule has 1 aliphatic heterocycles. The Hall–Kier alpha value is -2.21. The van der Waals surface area contributed by atoms with E-state index in [2.05, 4.69) is 43.5 Å². The molecule has 3 heterocycles. The minimum Gasteiger partial charge on any atom is -0.348 e. The van der Waals surface area contributed by atoms with Gasteiger partial charge in [-0.1, -0.05) is 17.8 Å². The standard InChI is InChI=1S/C13H11N5S/c1-2-10-9(18-12-13(19-10)17-7-16-12)5-8(1)6-11-14-3-4-15-11/h1-5,7,18H,6H2,(H,14,15)(H,16,17). The highest BCUT2D eigenvalue weighted by Gasteiger charge is 2.17. The fourth-order valence-electron chi connectivity index (χ4n) is 2.15. The monoisotopic (exact) mass is 269 g/mol. The lowest BCUT2D eigenvalue weighted by molar-refractivity contribution is 1.02. The molecule has 4 rings (SSSR count). The third-order valence-corrected chi connectivity index (χ3v) is 4.12. The van der Waals surface area contributed by atoms with E-state index in [4.69, 9.17) is 0 Å². The molecule has 1 aliphatic rings. The lowest BCUT2D eigenvalue weighted by Crippen LogP contribution is -2.01. The topological polar surface area (TPSA) is 69.4 Å². The molecule has 1 aromatic carbocycles. The number of imidazole rings is 2. The number of hydrogen-bond acceptors (Lipinski definition) is 4. The van der Waals surface area contributed by atoms with Gasteiger partial charge in [0.25, 0.3) is 0 Å². The highest BCUT2D eigenvalue weighted by atomic mass is 32.2. The van der Waals surface area contributed by atoms with Gasteiger partial charge in [-0.15, -0.1) is 0 Å². The van der Waals surface area contributed by atoms with Crippen molar-refractivity contribution in [2.45, 2.75) is 16.3 Å². The second-order valence-corrected chi connectivity index (χ2v) is 5.38. The van der Waals surface area contributed by atoms with Gasteiger partial charge in [-0.05, 0) is 17.7 Å². The van der Waals surface area contributed by atoms with E-state index >= 15 is 0 Å². The summed E-state index contributed by atoms with van der Waals surface area (Å²) in [4.78, 5) is 15.9. The van der Waals surface area contributed by atoms with Crippen LogP contribution in [0.2, 0.25) is 0 Å². The lowest BCUT2D eigenvalue weighted by Gasteiger charge is -2.17. The van der Waals surface area contributed by atoms with Crippen LogP contribution < -0.4 is 5.32 Å². The van der Waals surface area contributed by atoms with E-state index in [1.807, 2.05) is 6.20 Å². The largest absolute Gasteiger partial charge is 0.348 e. The first-order chi connectivity index (χ1) is 9.38. The Balaban J connectivity index is 1.66. The number of benzene rings is 1. The molecule has 94 valence electrons. The summed E-state index contributed by atoms with van der Waals surface area (Å²) in [5, 5.41) is 4.36. The Bertz CT molecular complexity index is 716. The molecule has 19 heavy (non-hydrogen) atoms. The van der Waals surface area contributed by atoms with Gasteiger partial charge in [-0.2, -0.15) is 0 Å². The Morgan fingerprint density at radius 1 is 1.16 bits per heavy atom. The van der Waals surface area contributed by atoms with Crippen molar-refractivity contribution in [1.82, 2.24) is 19.9 Å². The Kier molecular flexibility index (Phi) is 2.34. The maximum Gasteiger partial charge on any atom is 0.143 e. The molecule has 2 aromatic heterocycles. The third kappa shape index (κ3) is 1.90. The minimum absolute atomic E-state index is 0.808. The summed E-state index contributed by atoms with van der Waals surface area (Å²) in [5.74, 6) is 1.94. The van der Waals surface area contributed by atoms with Crippen molar-refractivity contribution in [3.63, 3.8) is 0 Å². The van der Waals surface area contributed by atoms with E-state index in [0.29, 0.717) is 0 Å². The molecular formula is C13H11N5S. The predicted octanol–water partition coefficient (Wildman–Crippen LogP) is 2.93. The second-order valence-electron chi connectivity index (χ2n) is 4.35. The van der Waals surface area contributed by atoms with Crippen molar-refractivity contribution in [3.8, 4) is 0 Å². The van der Waals surface area contributed by atoms with Crippen LogP contribution in [0.15, 0.2) is 46.8 Å². The maximum atomic E-state index is 4.27. The van der Waals surface area contributed by atoms with Crippen molar-refractivity contribution < 1.29 is 0 Å². The molecule has 0 spiro atoms. The highest BCUT2D eigenvalue weighted by Crippen LogP contribution is 2.42. The zero-order valence-electron chi connectivity index (χ0n) is 9.97. The number of aromatic nitrogens is 4. The smallest absolute Gasteiger partial charge is 0.143 e. The van der Waals surface area contributed by atoms with Gasteiger partial charge in [-0.25, -0.2) is 9.97 Å². The van der Waals surface area contributed by atoms with Crippen molar-refractivity contribution >= 4 is 23.3 Å². The molecular weight excluding hydrogens is 258 g/mol. The van der Waals surface area contributed by atoms with Crippen molar-refractivity contribution in [1.29, 1.82) is 0 Å². The summed E-state index contributed by atoms with van der Waals surface area (Å²) in [6.45, 7) is 0. The molecule has 3 aromatic rings. The Morgan fingerprint density at radius 3 is 3.05 bits per heavy atom. The number of fused-ring (bicyclic) bond motifs is 2. The van der Waals surface area contributed by atoms with Gasteiger partial charge in [-0.3, -0.25) is 0 Å². The summed E-state index contributed by atoms with van der Waals surface area (Å²) in [6, 6.07) is 6.42. The molecule has 3 N–H and O–H groups in total. The van der Waals surface area contributed by atoms with E-state index in [1.165, 1.54) is 10.5 Å². The predicted molar refractivity (Wildman–Crippen MR) is 73.8 cm³/mol. The van der Waals surface area contributed by atoms with E-state index in [1.54, 1.807) is 24.3 Å². The van der Waals surface area contributed by atoms with E-state index in [0.717, 1.165) is 28.8 Å². The first-order valence-corrected chi connectivity index (χ1v) is 6.79. The molecule has 0 fully saturated rings. The number of anilines is 2. The van der Waals surface area contributed by atoms with Gasteiger partial charge in [0, 0.05) is 23.7 Å². The highest BCUT2D eigenvalue weighted by molar-refractivity contribution is 7.99. The molecule has 0 saturated carbocycles. The second kappa shape index (κ2) is 4.17. The van der Waals surface area contributed by atoms with Crippen LogP contribution in [-0.4, -0.2) is 19.9 Å². The number of nitrogens with zero attached hydrogens (tertiary/aromatic N) is 2. The molecule has 0 atom stereocenters. The summed E-state index contributed by atoms with van der Waals surface area (Å²) in [6.07, 6.45) is 6.14. The molecule has 5 nitrogen and oxygen atoms in total. The van der Waals surface area contributed by atoms with Crippen LogP contribution in [0.25, 0.3) is 0 Å². The quantitative estimate of drug-likeness (QED) is 0.523. The maximum absolute atomic E-state index is 4.27. The van der Waals surface area contributed by atoms with Crippen molar-refractivity contribution in [2.75, 3.05) is 5.32 Å². The van der Waals surface area contributed by atoms with Gasteiger partial charge in [0.1, 0.15) is 16.7 Å². The van der Waals surface area contributed by atoms with Gasteiger partial charge < -0.3 is 15.3 Å². The van der Waals surface area contributed by atoms with Crippen LogP contribution in [0, 0.1) is 0 Å². The molecule has 0 aliphatic carbocycles. The fraction of sp³-hybridized carbons (Fsp3) is 0.0769. The Morgan fingerprint density at radius 2 is 2.16 bits per heavy atom. The molecule has 0 unspecified atom stereocenters. The van der Waals surface area contributed by atoms with Crippen LogP contribution in [-0.2, 0) is 6.42 Å². The lowest BCUT2D eigenvalue weighted by atomic mass is 10.1. The summed E-state index contributed by atoms with van der Waals surface area (Å²) < 4.78 is 0. The normalized spacial score (nSPS) is 12.6. The van der Waals surface area contributed by atoms with Crippen LogP contribution in [0.1, 0.15) is 11.4 Å². The number of H-pyrrole nitrogens is 2.